The highest BCUT2D eigenvalue weighted by atomic mass is 16.6. The number of hydrogen-bond acceptors (Lipinski definition) is 7. The van der Waals surface area contributed by atoms with Gasteiger partial charge in [0.15, 0.2) is 11.5 Å². The fourth-order valence-corrected chi connectivity index (χ4v) is 3.82. The largest absolute Gasteiger partial charge is 0.493 e. The molecule has 1 aliphatic heterocycles. The average molecular weight is 459 g/mol. The monoisotopic (exact) mass is 459 g/mol. The number of anilines is 2. The van der Waals surface area contributed by atoms with Gasteiger partial charge in [-0.1, -0.05) is 18.2 Å². The van der Waals surface area contributed by atoms with Crippen molar-refractivity contribution in [3.63, 3.8) is 0 Å². The maximum Gasteiger partial charge on any atom is 0.282 e. The van der Waals surface area contributed by atoms with Crippen LogP contribution in [0.4, 0.5) is 17.1 Å². The summed E-state index contributed by atoms with van der Waals surface area (Å²) in [5, 5.41) is 11.1. The molecule has 0 N–H and O–H groups in total. The first-order valence-corrected chi connectivity index (χ1v) is 10.3. The molecule has 1 aliphatic rings. The molecule has 1 heterocycles. The molecule has 0 bridgehead atoms. The van der Waals surface area contributed by atoms with E-state index in [9.17, 15) is 19.7 Å². The van der Waals surface area contributed by atoms with E-state index in [0.717, 1.165) is 4.90 Å². The molecule has 34 heavy (non-hydrogen) atoms. The van der Waals surface area contributed by atoms with Gasteiger partial charge >= 0.3 is 0 Å². The molecule has 0 spiro atoms. The van der Waals surface area contributed by atoms with E-state index in [1.165, 1.54) is 38.5 Å². The number of likely N-dealkylation sites (N-methyl/N-ethyl adjacent to an activating group) is 1. The van der Waals surface area contributed by atoms with Crippen molar-refractivity contribution >= 4 is 34.4 Å². The lowest BCUT2D eigenvalue weighted by atomic mass is 10.0. The third-order valence-corrected chi connectivity index (χ3v) is 5.53. The highest BCUT2D eigenvalue weighted by molar-refractivity contribution is 6.46. The minimum Gasteiger partial charge on any atom is -0.493 e. The van der Waals surface area contributed by atoms with Crippen LogP contribution in [0.1, 0.15) is 5.56 Å². The molecule has 9 heteroatoms. The van der Waals surface area contributed by atoms with Crippen LogP contribution in [0, 0.1) is 10.1 Å². The van der Waals surface area contributed by atoms with Crippen molar-refractivity contribution in [2.75, 3.05) is 31.1 Å². The molecular formula is C25H21N3O6. The van der Waals surface area contributed by atoms with Crippen LogP contribution in [0.15, 0.2) is 78.5 Å². The lowest BCUT2D eigenvalue weighted by Crippen LogP contribution is -2.34. The number of ether oxygens (including phenoxy) is 2. The Bertz CT molecular complexity index is 1300. The molecule has 3 aromatic rings. The van der Waals surface area contributed by atoms with Crippen molar-refractivity contribution in [2.45, 2.75) is 0 Å². The van der Waals surface area contributed by atoms with Crippen molar-refractivity contribution in [3.05, 3.63) is 94.2 Å². The van der Waals surface area contributed by atoms with Crippen LogP contribution < -0.4 is 19.3 Å². The van der Waals surface area contributed by atoms with Gasteiger partial charge in [-0.05, 0) is 42.0 Å². The van der Waals surface area contributed by atoms with Crippen LogP contribution in [0.2, 0.25) is 0 Å². The van der Waals surface area contributed by atoms with E-state index in [0.29, 0.717) is 28.4 Å². The Morgan fingerprint density at radius 1 is 0.853 bits per heavy atom. The lowest BCUT2D eigenvalue weighted by Gasteiger charge is -2.22. The second kappa shape index (κ2) is 9.07. The number of nitro groups is 1. The van der Waals surface area contributed by atoms with E-state index in [2.05, 4.69) is 0 Å². The van der Waals surface area contributed by atoms with Gasteiger partial charge in [0.05, 0.1) is 30.4 Å². The molecular weight excluding hydrogens is 438 g/mol. The molecule has 2 amide bonds. The number of nitrogens with zero attached hydrogens (tertiary/aromatic N) is 3. The van der Waals surface area contributed by atoms with Gasteiger partial charge in [0.2, 0.25) is 0 Å². The Balaban J connectivity index is 1.86. The average Bonchev–Trinajstić information content (AvgIpc) is 3.13. The van der Waals surface area contributed by atoms with Gasteiger partial charge < -0.3 is 14.4 Å². The molecule has 9 nitrogen and oxygen atoms in total. The lowest BCUT2D eigenvalue weighted by molar-refractivity contribution is -0.384. The Morgan fingerprint density at radius 3 is 2.09 bits per heavy atom. The van der Waals surface area contributed by atoms with Crippen molar-refractivity contribution in [1.82, 2.24) is 0 Å². The minimum absolute atomic E-state index is 0.115. The Hall–Kier alpha value is -4.66. The van der Waals surface area contributed by atoms with Crippen molar-refractivity contribution in [3.8, 4) is 11.5 Å². The number of rotatable bonds is 7. The number of benzene rings is 3. The van der Waals surface area contributed by atoms with Crippen molar-refractivity contribution in [2.24, 2.45) is 0 Å². The van der Waals surface area contributed by atoms with Gasteiger partial charge in [-0.15, -0.1) is 0 Å². The van der Waals surface area contributed by atoms with Gasteiger partial charge in [0.25, 0.3) is 17.5 Å². The highest BCUT2D eigenvalue weighted by Crippen LogP contribution is 2.39. The number of carbonyl (C=O) groups is 2. The minimum atomic E-state index is -0.552. The molecule has 0 saturated heterocycles. The first-order chi connectivity index (χ1) is 16.4. The number of nitro benzene ring substituents is 1. The maximum atomic E-state index is 13.7. The van der Waals surface area contributed by atoms with E-state index < -0.39 is 16.7 Å². The molecule has 0 saturated carbocycles. The molecule has 3 aromatic carbocycles. The fraction of sp³-hybridized carbons (Fsp3) is 0.120. The zero-order valence-corrected chi connectivity index (χ0v) is 18.7. The molecule has 0 fully saturated rings. The first-order valence-electron chi connectivity index (χ1n) is 10.3. The fourth-order valence-electron chi connectivity index (χ4n) is 3.82. The number of amides is 2. The normalized spacial score (nSPS) is 13.3. The predicted molar refractivity (Wildman–Crippen MR) is 127 cm³/mol. The SMILES string of the molecule is COc1ccc(N2C(=O)C(c3ccc([N+](=O)[O-])cc3)=C(N(C)c3ccccc3)C2=O)cc1OC. The summed E-state index contributed by atoms with van der Waals surface area (Å²) >= 11 is 0. The summed E-state index contributed by atoms with van der Waals surface area (Å²) in [6.45, 7) is 0. The van der Waals surface area contributed by atoms with Crippen molar-refractivity contribution < 1.29 is 24.0 Å². The van der Waals surface area contributed by atoms with E-state index in [1.54, 1.807) is 30.1 Å². The van der Waals surface area contributed by atoms with Crippen LogP contribution in [0.25, 0.3) is 5.57 Å². The zero-order valence-electron chi connectivity index (χ0n) is 18.7. The second-order valence-corrected chi connectivity index (χ2v) is 7.41. The molecule has 0 unspecified atom stereocenters. The third kappa shape index (κ3) is 3.83. The van der Waals surface area contributed by atoms with Gasteiger partial charge in [0, 0.05) is 30.9 Å². The molecule has 0 atom stereocenters. The molecule has 0 radical (unpaired) electrons. The number of methoxy groups -OCH3 is 2. The summed E-state index contributed by atoms with van der Waals surface area (Å²) in [5.41, 5.74) is 1.58. The van der Waals surface area contributed by atoms with Crippen molar-refractivity contribution in [1.29, 1.82) is 0 Å². The number of carbonyl (C=O) groups excluding carboxylic acids is 2. The Labute approximate surface area is 195 Å². The summed E-state index contributed by atoms with van der Waals surface area (Å²) in [5.74, 6) is -0.265. The van der Waals surface area contributed by atoms with E-state index in [-0.39, 0.29) is 17.0 Å². The summed E-state index contributed by atoms with van der Waals surface area (Å²) in [6, 6.07) is 19.4. The van der Waals surface area contributed by atoms with Crippen LogP contribution >= 0.6 is 0 Å². The molecule has 4 rings (SSSR count). The molecule has 172 valence electrons. The summed E-state index contributed by atoms with van der Waals surface area (Å²) in [7, 11) is 4.65. The highest BCUT2D eigenvalue weighted by Gasteiger charge is 2.42. The topological polar surface area (TPSA) is 102 Å². The van der Waals surface area contributed by atoms with Crippen LogP contribution in [-0.2, 0) is 9.59 Å². The van der Waals surface area contributed by atoms with E-state index in [1.807, 2.05) is 30.3 Å². The van der Waals surface area contributed by atoms with Crippen LogP contribution in [0.3, 0.4) is 0 Å². The Morgan fingerprint density at radius 2 is 1.50 bits per heavy atom. The third-order valence-electron chi connectivity index (χ3n) is 5.53. The maximum absolute atomic E-state index is 13.7. The van der Waals surface area contributed by atoms with Gasteiger partial charge in [0.1, 0.15) is 5.70 Å². The molecule has 0 aliphatic carbocycles. The smallest absolute Gasteiger partial charge is 0.282 e. The van der Waals surface area contributed by atoms with Gasteiger partial charge in [-0.25, -0.2) is 4.90 Å². The zero-order chi connectivity index (χ0) is 24.4. The van der Waals surface area contributed by atoms with Crippen LogP contribution in [0.5, 0.6) is 11.5 Å². The molecule has 0 aromatic heterocycles. The Kier molecular flexibility index (Phi) is 6.01. The second-order valence-electron chi connectivity index (χ2n) is 7.41. The number of para-hydroxylation sites is 1. The summed E-state index contributed by atoms with van der Waals surface area (Å²) < 4.78 is 10.6. The predicted octanol–water partition coefficient (Wildman–Crippen LogP) is 4.03. The summed E-state index contributed by atoms with van der Waals surface area (Å²) in [4.78, 5) is 40.6. The first kappa shape index (κ1) is 22.5. The van der Waals surface area contributed by atoms with E-state index >= 15 is 0 Å². The standard InChI is InChI=1S/C25H21N3O6/c1-26(17-7-5-4-6-8-17)23-22(16-9-11-18(12-10-16)28(31)32)24(29)27(25(23)30)19-13-14-20(33-2)21(15-19)34-3/h4-15H,1-3H3. The quantitative estimate of drug-likeness (QED) is 0.299. The summed E-state index contributed by atoms with van der Waals surface area (Å²) in [6.07, 6.45) is 0. The van der Waals surface area contributed by atoms with Gasteiger partial charge in [-0.2, -0.15) is 0 Å². The van der Waals surface area contributed by atoms with Crippen LogP contribution in [-0.4, -0.2) is 38.0 Å². The number of imide groups is 1. The van der Waals surface area contributed by atoms with Gasteiger partial charge in [-0.3, -0.25) is 19.7 Å². The number of non-ortho nitro benzene ring substituents is 1. The van der Waals surface area contributed by atoms with E-state index in [4.69, 9.17) is 9.47 Å². The number of hydrogen-bond donors (Lipinski definition) is 0.